The van der Waals surface area contributed by atoms with Crippen LogP contribution in [-0.4, -0.2) is 46.2 Å². The van der Waals surface area contributed by atoms with E-state index in [2.05, 4.69) is 15.5 Å². The van der Waals surface area contributed by atoms with E-state index in [9.17, 15) is 4.79 Å². The Bertz CT molecular complexity index is 463. The summed E-state index contributed by atoms with van der Waals surface area (Å²) in [4.78, 5) is 14.2. The Morgan fingerprint density at radius 3 is 2.60 bits per heavy atom. The van der Waals surface area contributed by atoms with E-state index in [0.717, 1.165) is 24.2 Å². The number of hydrogen-bond donors (Lipinski definition) is 2. The average Bonchev–Trinajstić information content (AvgIpc) is 2.94. The van der Waals surface area contributed by atoms with E-state index in [1.54, 1.807) is 0 Å². The molecule has 2 unspecified atom stereocenters. The van der Waals surface area contributed by atoms with Crippen molar-refractivity contribution in [3.8, 4) is 0 Å². The Labute approximate surface area is 125 Å². The number of fused-ring (bicyclic) bond motifs is 2. The number of amides is 1. The van der Waals surface area contributed by atoms with Crippen LogP contribution in [0.2, 0.25) is 0 Å². The maximum Gasteiger partial charge on any atom is 0.228 e. The molecule has 6 heteroatoms. The van der Waals surface area contributed by atoms with E-state index in [1.165, 1.54) is 12.8 Å². The Balaban J connectivity index is 0.00000147. The molecule has 112 valence electrons. The molecular formula is C14H23ClN4O. The smallest absolute Gasteiger partial charge is 0.228 e. The van der Waals surface area contributed by atoms with Crippen LogP contribution in [0.5, 0.6) is 0 Å². The van der Waals surface area contributed by atoms with Crippen molar-refractivity contribution in [2.24, 2.45) is 0 Å². The van der Waals surface area contributed by atoms with E-state index in [4.69, 9.17) is 0 Å². The predicted molar refractivity (Wildman–Crippen MR) is 80.0 cm³/mol. The summed E-state index contributed by atoms with van der Waals surface area (Å²) < 4.78 is 0. The lowest BCUT2D eigenvalue weighted by molar-refractivity contribution is -0.132. The fraction of sp³-hybridized carbons (Fsp3) is 0.714. The number of aryl methyl sites for hydroxylation is 1. The molecule has 2 bridgehead atoms. The van der Waals surface area contributed by atoms with Gasteiger partial charge in [0.25, 0.3) is 0 Å². The minimum Gasteiger partial charge on any atom is -0.342 e. The van der Waals surface area contributed by atoms with Crippen LogP contribution in [0.4, 0.5) is 0 Å². The first kappa shape index (κ1) is 15.3. The zero-order valence-corrected chi connectivity index (χ0v) is 12.9. The fourth-order valence-corrected chi connectivity index (χ4v) is 3.39. The quantitative estimate of drug-likeness (QED) is 0.887. The van der Waals surface area contributed by atoms with Crippen LogP contribution in [0.3, 0.4) is 0 Å². The van der Waals surface area contributed by atoms with Crippen molar-refractivity contribution >= 4 is 18.3 Å². The summed E-state index contributed by atoms with van der Waals surface area (Å²) in [7, 11) is 1.94. The average molecular weight is 299 g/mol. The van der Waals surface area contributed by atoms with E-state index < -0.39 is 0 Å². The number of halogens is 1. The van der Waals surface area contributed by atoms with E-state index in [0.29, 0.717) is 24.5 Å². The number of aromatic nitrogens is 2. The Kier molecular flexibility index (Phi) is 4.70. The molecule has 2 N–H and O–H groups in total. The number of H-pyrrole nitrogens is 1. The van der Waals surface area contributed by atoms with Crippen molar-refractivity contribution < 1.29 is 4.79 Å². The van der Waals surface area contributed by atoms with Gasteiger partial charge < -0.3 is 10.2 Å². The van der Waals surface area contributed by atoms with Gasteiger partial charge in [-0.15, -0.1) is 12.4 Å². The number of aromatic amines is 1. The SMILES string of the molecule is Cc1cc(CC(=O)N(C)C2CC3CCC(C2)N3)n[nH]1.Cl. The van der Waals surface area contributed by atoms with Crippen LogP contribution < -0.4 is 5.32 Å². The summed E-state index contributed by atoms with van der Waals surface area (Å²) in [6.07, 6.45) is 5.13. The first-order valence-electron chi connectivity index (χ1n) is 7.14. The highest BCUT2D eigenvalue weighted by atomic mass is 35.5. The molecule has 0 saturated carbocycles. The molecule has 0 radical (unpaired) electrons. The predicted octanol–water partition coefficient (Wildman–Crippen LogP) is 1.42. The van der Waals surface area contributed by atoms with Crippen LogP contribution in [0.1, 0.15) is 37.1 Å². The lowest BCUT2D eigenvalue weighted by Gasteiger charge is -2.35. The molecule has 1 aromatic rings. The molecule has 2 saturated heterocycles. The number of rotatable bonds is 3. The maximum absolute atomic E-state index is 12.3. The summed E-state index contributed by atoms with van der Waals surface area (Å²) in [5.74, 6) is 0.179. The standard InChI is InChI=1S/C14H22N4O.ClH/c1-9-5-12(17-16-9)8-14(19)18(2)13-6-10-3-4-11(7-13)15-10;/h5,10-11,13,15H,3-4,6-8H2,1-2H3,(H,16,17);1H. The first-order valence-corrected chi connectivity index (χ1v) is 7.14. The third-order valence-corrected chi connectivity index (χ3v) is 4.48. The highest BCUT2D eigenvalue weighted by Crippen LogP contribution is 2.29. The summed E-state index contributed by atoms with van der Waals surface area (Å²) in [5.41, 5.74) is 1.84. The minimum absolute atomic E-state index is 0. The van der Waals surface area contributed by atoms with Gasteiger partial charge >= 0.3 is 0 Å². The molecule has 0 spiro atoms. The van der Waals surface area contributed by atoms with E-state index >= 15 is 0 Å². The zero-order valence-electron chi connectivity index (χ0n) is 12.1. The number of likely N-dealkylation sites (N-methyl/N-ethyl adjacent to an activating group) is 1. The Morgan fingerprint density at radius 1 is 1.40 bits per heavy atom. The van der Waals surface area contributed by atoms with Crippen LogP contribution in [0, 0.1) is 6.92 Å². The van der Waals surface area contributed by atoms with Gasteiger partial charge in [-0.25, -0.2) is 0 Å². The summed E-state index contributed by atoms with van der Waals surface area (Å²) >= 11 is 0. The van der Waals surface area contributed by atoms with Gasteiger partial charge in [0.15, 0.2) is 0 Å². The largest absolute Gasteiger partial charge is 0.342 e. The molecule has 1 amide bonds. The van der Waals surface area contributed by atoms with Gasteiger partial charge in [0.05, 0.1) is 12.1 Å². The van der Waals surface area contributed by atoms with Gasteiger partial charge in [0.1, 0.15) is 0 Å². The van der Waals surface area contributed by atoms with Crippen molar-refractivity contribution in [1.82, 2.24) is 20.4 Å². The number of nitrogens with zero attached hydrogens (tertiary/aromatic N) is 2. The van der Waals surface area contributed by atoms with Gasteiger partial charge in [-0.05, 0) is 38.7 Å². The molecule has 3 heterocycles. The van der Waals surface area contributed by atoms with Gasteiger partial charge in [-0.1, -0.05) is 0 Å². The number of piperidine rings is 1. The van der Waals surface area contributed by atoms with Crippen molar-refractivity contribution in [1.29, 1.82) is 0 Å². The van der Waals surface area contributed by atoms with Gasteiger partial charge in [-0.2, -0.15) is 5.10 Å². The maximum atomic E-state index is 12.3. The lowest BCUT2D eigenvalue weighted by atomic mass is 9.98. The second-order valence-electron chi connectivity index (χ2n) is 5.99. The molecule has 3 rings (SSSR count). The topological polar surface area (TPSA) is 61.0 Å². The van der Waals surface area contributed by atoms with E-state index in [-0.39, 0.29) is 18.3 Å². The van der Waals surface area contributed by atoms with Crippen molar-refractivity contribution in [2.45, 2.75) is 57.2 Å². The van der Waals surface area contributed by atoms with Gasteiger partial charge in [0.2, 0.25) is 5.91 Å². The van der Waals surface area contributed by atoms with Crippen LogP contribution in [-0.2, 0) is 11.2 Å². The summed E-state index contributed by atoms with van der Waals surface area (Å²) in [5, 5.41) is 10.6. The second-order valence-corrected chi connectivity index (χ2v) is 5.99. The molecule has 2 atom stereocenters. The number of carbonyl (C=O) groups is 1. The molecule has 2 aliphatic heterocycles. The molecular weight excluding hydrogens is 276 g/mol. The normalized spacial score (nSPS) is 28.0. The third kappa shape index (κ3) is 3.15. The van der Waals surface area contributed by atoms with Crippen LogP contribution >= 0.6 is 12.4 Å². The molecule has 1 aromatic heterocycles. The first-order chi connectivity index (χ1) is 9.11. The second kappa shape index (κ2) is 6.14. The molecule has 0 aromatic carbocycles. The molecule has 0 aliphatic carbocycles. The Morgan fingerprint density at radius 2 is 2.05 bits per heavy atom. The summed E-state index contributed by atoms with van der Waals surface area (Å²) in [6.45, 7) is 1.95. The molecule has 5 nitrogen and oxygen atoms in total. The minimum atomic E-state index is 0. The van der Waals surface area contributed by atoms with Crippen molar-refractivity contribution in [3.63, 3.8) is 0 Å². The van der Waals surface area contributed by atoms with Crippen LogP contribution in [0.25, 0.3) is 0 Å². The molecule has 2 aliphatic rings. The molecule has 2 fully saturated rings. The summed E-state index contributed by atoms with van der Waals surface area (Å²) in [6, 6.07) is 3.57. The number of hydrogen-bond acceptors (Lipinski definition) is 3. The Hall–Kier alpha value is -1.07. The van der Waals surface area contributed by atoms with E-state index in [1.807, 2.05) is 24.9 Å². The number of carbonyl (C=O) groups excluding carboxylic acids is 1. The fourth-order valence-electron chi connectivity index (χ4n) is 3.39. The highest BCUT2D eigenvalue weighted by Gasteiger charge is 2.36. The zero-order chi connectivity index (χ0) is 13.4. The van der Waals surface area contributed by atoms with Gasteiger partial charge in [-0.3, -0.25) is 9.89 Å². The lowest BCUT2D eigenvalue weighted by Crippen LogP contribution is -2.49. The number of nitrogens with one attached hydrogen (secondary N) is 2. The third-order valence-electron chi connectivity index (χ3n) is 4.48. The van der Waals surface area contributed by atoms with Crippen LogP contribution in [0.15, 0.2) is 6.07 Å². The van der Waals surface area contributed by atoms with Gasteiger partial charge in [0, 0.05) is 30.9 Å². The highest BCUT2D eigenvalue weighted by molar-refractivity contribution is 5.85. The monoisotopic (exact) mass is 298 g/mol. The molecule has 20 heavy (non-hydrogen) atoms. The van der Waals surface area contributed by atoms with Crippen molar-refractivity contribution in [2.75, 3.05) is 7.05 Å². The van der Waals surface area contributed by atoms with Crippen molar-refractivity contribution in [3.05, 3.63) is 17.5 Å².